The third-order valence-corrected chi connectivity index (χ3v) is 3.46. The Morgan fingerprint density at radius 1 is 1.10 bits per heavy atom. The third-order valence-electron chi connectivity index (χ3n) is 3.46. The lowest BCUT2D eigenvalue weighted by molar-refractivity contribution is -0.117. The lowest BCUT2D eigenvalue weighted by atomic mass is 9.97. The number of anilines is 1. The van der Waals surface area contributed by atoms with Crippen LogP contribution in [0.3, 0.4) is 0 Å². The van der Waals surface area contributed by atoms with Gasteiger partial charge in [0.2, 0.25) is 5.91 Å². The minimum absolute atomic E-state index is 0.114. The summed E-state index contributed by atoms with van der Waals surface area (Å²) in [6.07, 6.45) is 0.211. The predicted octanol–water partition coefficient (Wildman–Crippen LogP) is 2.43. The number of aromatic hydroxyl groups is 1. The first-order valence-electron chi connectivity index (χ1n) is 6.33. The second-order valence-corrected chi connectivity index (χ2v) is 4.84. The van der Waals surface area contributed by atoms with E-state index in [0.29, 0.717) is 16.8 Å². The van der Waals surface area contributed by atoms with Gasteiger partial charge in [0.15, 0.2) is 0 Å². The number of hydrogen-bond donors (Lipinski definition) is 1. The largest absolute Gasteiger partial charge is 0.508 e. The molecule has 0 aliphatic carbocycles. The van der Waals surface area contributed by atoms with Crippen LogP contribution < -0.4 is 4.90 Å². The van der Waals surface area contributed by atoms with Crippen molar-refractivity contribution in [1.82, 2.24) is 0 Å². The molecule has 20 heavy (non-hydrogen) atoms. The Balaban J connectivity index is 2.11. The number of benzene rings is 2. The molecule has 0 radical (unpaired) electrons. The normalized spacial score (nSPS) is 14.3. The van der Waals surface area contributed by atoms with Gasteiger partial charge < -0.3 is 5.11 Å². The molecule has 0 saturated carbocycles. The zero-order valence-electron chi connectivity index (χ0n) is 11.0. The van der Waals surface area contributed by atoms with E-state index in [1.165, 1.54) is 17.0 Å². The molecule has 4 heteroatoms. The van der Waals surface area contributed by atoms with Gasteiger partial charge in [0.1, 0.15) is 5.75 Å². The number of phenols is 1. The van der Waals surface area contributed by atoms with Crippen molar-refractivity contribution in [2.75, 3.05) is 4.90 Å². The molecule has 0 saturated heterocycles. The molecule has 1 aliphatic heterocycles. The highest BCUT2D eigenvalue weighted by Crippen LogP contribution is 2.29. The molecule has 0 atom stereocenters. The molecule has 0 aromatic heterocycles. The second kappa shape index (κ2) is 4.49. The summed E-state index contributed by atoms with van der Waals surface area (Å²) < 4.78 is 0. The number of carbonyl (C=O) groups is 2. The second-order valence-electron chi connectivity index (χ2n) is 4.84. The molecule has 1 aliphatic rings. The van der Waals surface area contributed by atoms with Crippen LogP contribution >= 0.6 is 0 Å². The van der Waals surface area contributed by atoms with E-state index in [-0.39, 0.29) is 24.0 Å². The Hall–Kier alpha value is -2.62. The van der Waals surface area contributed by atoms with Crippen molar-refractivity contribution in [1.29, 1.82) is 0 Å². The van der Waals surface area contributed by atoms with Gasteiger partial charge in [-0.1, -0.05) is 18.2 Å². The van der Waals surface area contributed by atoms with E-state index in [4.69, 9.17) is 0 Å². The number of phenolic OH excluding ortho intramolecular Hbond substituents is 1. The van der Waals surface area contributed by atoms with Crippen LogP contribution in [0.15, 0.2) is 42.5 Å². The van der Waals surface area contributed by atoms with Crippen LogP contribution in [0.5, 0.6) is 5.75 Å². The average molecular weight is 267 g/mol. The first-order valence-corrected chi connectivity index (χ1v) is 6.33. The van der Waals surface area contributed by atoms with Gasteiger partial charge in [-0.05, 0) is 42.3 Å². The third kappa shape index (κ3) is 1.86. The zero-order valence-corrected chi connectivity index (χ0v) is 11.0. The van der Waals surface area contributed by atoms with E-state index in [1.807, 2.05) is 6.07 Å². The molecule has 2 aromatic rings. The van der Waals surface area contributed by atoms with Crippen molar-refractivity contribution in [3.05, 3.63) is 59.2 Å². The first kappa shape index (κ1) is 12.4. The molecule has 100 valence electrons. The fourth-order valence-corrected chi connectivity index (χ4v) is 2.49. The molecule has 1 N–H and O–H groups in total. The monoisotopic (exact) mass is 267 g/mol. The average Bonchev–Trinajstić information content (AvgIpc) is 2.41. The maximum atomic E-state index is 12.5. The Morgan fingerprint density at radius 2 is 1.85 bits per heavy atom. The lowest BCUT2D eigenvalue weighted by Crippen LogP contribution is -2.42. The van der Waals surface area contributed by atoms with Crippen LogP contribution in [-0.4, -0.2) is 16.9 Å². The van der Waals surface area contributed by atoms with Crippen LogP contribution in [0.2, 0.25) is 0 Å². The number of aryl methyl sites for hydroxylation is 1. The van der Waals surface area contributed by atoms with E-state index in [0.717, 1.165) is 5.56 Å². The van der Waals surface area contributed by atoms with Crippen LogP contribution in [0.1, 0.15) is 21.5 Å². The molecule has 4 nitrogen and oxygen atoms in total. The predicted molar refractivity (Wildman–Crippen MR) is 74.8 cm³/mol. The minimum atomic E-state index is -0.314. The van der Waals surface area contributed by atoms with Gasteiger partial charge in [0.25, 0.3) is 5.91 Å². The number of carbonyl (C=O) groups excluding carboxylic acids is 2. The summed E-state index contributed by atoms with van der Waals surface area (Å²) in [5.74, 6) is -0.448. The quantitative estimate of drug-likeness (QED) is 0.807. The zero-order chi connectivity index (χ0) is 14.3. The maximum absolute atomic E-state index is 12.5. The Bertz CT molecular complexity index is 721. The fraction of sp³-hybridized carbons (Fsp3) is 0.125. The summed E-state index contributed by atoms with van der Waals surface area (Å²) >= 11 is 0. The molecule has 0 bridgehead atoms. The van der Waals surface area contributed by atoms with E-state index >= 15 is 0 Å². The van der Waals surface area contributed by atoms with Gasteiger partial charge in [-0.2, -0.15) is 0 Å². The molecular formula is C16H13NO3. The molecule has 0 fully saturated rings. The van der Waals surface area contributed by atoms with Crippen molar-refractivity contribution >= 4 is 17.5 Å². The topological polar surface area (TPSA) is 57.6 Å². The Morgan fingerprint density at radius 3 is 2.60 bits per heavy atom. The highest BCUT2D eigenvalue weighted by Gasteiger charge is 2.32. The molecule has 2 aromatic carbocycles. The number of rotatable bonds is 1. The van der Waals surface area contributed by atoms with Gasteiger partial charge in [-0.15, -0.1) is 0 Å². The summed E-state index contributed by atoms with van der Waals surface area (Å²) in [6.45, 7) is 1.76. The van der Waals surface area contributed by atoms with Crippen LogP contribution in [0.4, 0.5) is 5.69 Å². The van der Waals surface area contributed by atoms with Crippen LogP contribution in [-0.2, 0) is 11.2 Å². The smallest absolute Gasteiger partial charge is 0.265 e. The molecule has 3 rings (SSSR count). The standard InChI is InChI=1S/C16H13NO3/c1-10-8-12(18)6-7-14(10)17-15(19)9-11-4-2-3-5-13(11)16(17)20/h2-8,18H,9H2,1H3. The van der Waals surface area contributed by atoms with Crippen LogP contribution in [0.25, 0.3) is 0 Å². The minimum Gasteiger partial charge on any atom is -0.508 e. The molecular weight excluding hydrogens is 254 g/mol. The van der Waals surface area contributed by atoms with E-state index in [9.17, 15) is 14.7 Å². The summed E-state index contributed by atoms with van der Waals surface area (Å²) in [5, 5.41) is 9.44. The lowest BCUT2D eigenvalue weighted by Gasteiger charge is -2.28. The number of nitrogens with zero attached hydrogens (tertiary/aromatic N) is 1. The van der Waals surface area contributed by atoms with Crippen molar-refractivity contribution in [3.63, 3.8) is 0 Å². The highest BCUT2D eigenvalue weighted by atomic mass is 16.3. The molecule has 0 unspecified atom stereocenters. The summed E-state index contributed by atoms with van der Waals surface area (Å²) in [4.78, 5) is 25.9. The van der Waals surface area contributed by atoms with E-state index < -0.39 is 0 Å². The molecule has 2 amide bonds. The van der Waals surface area contributed by atoms with E-state index in [1.54, 1.807) is 31.2 Å². The maximum Gasteiger partial charge on any atom is 0.265 e. The SMILES string of the molecule is Cc1cc(O)ccc1N1C(=O)Cc2ccccc2C1=O. The van der Waals surface area contributed by atoms with Crippen LogP contribution in [0, 0.1) is 6.92 Å². The van der Waals surface area contributed by atoms with Crippen molar-refractivity contribution in [2.45, 2.75) is 13.3 Å². The Kier molecular flexibility index (Phi) is 2.79. The number of amides is 2. The van der Waals surface area contributed by atoms with Crippen molar-refractivity contribution in [3.8, 4) is 5.75 Å². The van der Waals surface area contributed by atoms with Gasteiger partial charge in [0.05, 0.1) is 12.1 Å². The van der Waals surface area contributed by atoms with Gasteiger partial charge >= 0.3 is 0 Å². The first-order chi connectivity index (χ1) is 9.58. The number of imide groups is 1. The molecule has 0 spiro atoms. The van der Waals surface area contributed by atoms with Gasteiger partial charge in [0, 0.05) is 5.56 Å². The Labute approximate surface area is 116 Å². The fourth-order valence-electron chi connectivity index (χ4n) is 2.49. The van der Waals surface area contributed by atoms with Gasteiger partial charge in [-0.25, -0.2) is 4.90 Å². The molecule has 1 heterocycles. The van der Waals surface area contributed by atoms with Crippen molar-refractivity contribution in [2.24, 2.45) is 0 Å². The summed E-state index contributed by atoms with van der Waals surface area (Å²) in [7, 11) is 0. The number of fused-ring (bicyclic) bond motifs is 1. The highest BCUT2D eigenvalue weighted by molar-refractivity contribution is 6.24. The van der Waals surface area contributed by atoms with Crippen molar-refractivity contribution < 1.29 is 14.7 Å². The summed E-state index contributed by atoms with van der Waals surface area (Å²) in [5.41, 5.74) is 2.52. The summed E-state index contributed by atoms with van der Waals surface area (Å²) in [6, 6.07) is 11.7. The van der Waals surface area contributed by atoms with E-state index in [2.05, 4.69) is 0 Å². The number of hydrogen-bond acceptors (Lipinski definition) is 3. The van der Waals surface area contributed by atoms with Gasteiger partial charge in [-0.3, -0.25) is 9.59 Å².